The van der Waals surface area contributed by atoms with Crippen LogP contribution in [0, 0.1) is 5.82 Å². The second-order valence-corrected chi connectivity index (χ2v) is 4.40. The van der Waals surface area contributed by atoms with Crippen LogP contribution >= 0.6 is 0 Å². The Labute approximate surface area is 119 Å². The van der Waals surface area contributed by atoms with Crippen LogP contribution in [0.2, 0.25) is 0 Å². The number of Topliss-reactive ketones (excluding diaryl/α,β-unsaturated/α-hetero) is 2. The van der Waals surface area contributed by atoms with Gasteiger partial charge < -0.3 is 9.52 Å². The lowest BCUT2D eigenvalue weighted by Gasteiger charge is -1.98. The second kappa shape index (κ2) is 6.13. The van der Waals surface area contributed by atoms with Crippen molar-refractivity contribution in [1.82, 2.24) is 0 Å². The molecule has 108 valence electrons. The number of hydrogen-bond acceptors (Lipinski definition) is 4. The minimum atomic E-state index is -1.65. The zero-order valence-electron chi connectivity index (χ0n) is 10.8. The first kappa shape index (κ1) is 14.6. The highest BCUT2D eigenvalue weighted by atomic mass is 19.1. The first-order valence-corrected chi connectivity index (χ1v) is 6.08. The van der Waals surface area contributed by atoms with Gasteiger partial charge in [0.1, 0.15) is 11.6 Å². The molecule has 1 aromatic carbocycles. The van der Waals surface area contributed by atoms with Gasteiger partial charge in [-0.1, -0.05) is 12.1 Å². The SMILES string of the molecule is O=C(O)C(=O)CC(=O)c1ccc(Cc2ccc(F)cc2)o1. The number of carbonyl (C=O) groups is 3. The summed E-state index contributed by atoms with van der Waals surface area (Å²) in [6, 6.07) is 8.75. The first-order chi connectivity index (χ1) is 9.95. The van der Waals surface area contributed by atoms with Crippen LogP contribution in [0.1, 0.15) is 28.3 Å². The van der Waals surface area contributed by atoms with Crippen molar-refractivity contribution in [1.29, 1.82) is 0 Å². The van der Waals surface area contributed by atoms with Gasteiger partial charge in [-0.2, -0.15) is 0 Å². The van der Waals surface area contributed by atoms with Gasteiger partial charge >= 0.3 is 5.97 Å². The molecule has 0 atom stereocenters. The Kier molecular flexibility index (Phi) is 4.27. The van der Waals surface area contributed by atoms with Gasteiger partial charge in [-0.15, -0.1) is 0 Å². The van der Waals surface area contributed by atoms with Crippen molar-refractivity contribution >= 4 is 17.5 Å². The molecule has 0 bridgehead atoms. The summed E-state index contributed by atoms with van der Waals surface area (Å²) in [6.45, 7) is 0. The molecular formula is C15H11FO5. The number of carboxylic acid groups (broad SMARTS) is 1. The molecular weight excluding hydrogens is 279 g/mol. The molecule has 0 aliphatic rings. The molecule has 1 N–H and O–H groups in total. The van der Waals surface area contributed by atoms with Crippen LogP contribution in [0.4, 0.5) is 4.39 Å². The topological polar surface area (TPSA) is 84.6 Å². The standard InChI is InChI=1S/C15H11FO5/c16-10-3-1-9(2-4-10)7-11-5-6-14(21-11)12(17)8-13(18)15(19)20/h1-6H,7-8H2,(H,19,20). The van der Waals surface area contributed by atoms with Crippen molar-refractivity contribution in [3.8, 4) is 0 Å². The van der Waals surface area contributed by atoms with Crippen molar-refractivity contribution in [2.75, 3.05) is 0 Å². The smallest absolute Gasteiger partial charge is 0.372 e. The molecule has 0 saturated heterocycles. The van der Waals surface area contributed by atoms with E-state index < -0.39 is 24.0 Å². The third kappa shape index (κ3) is 3.85. The van der Waals surface area contributed by atoms with E-state index in [2.05, 4.69) is 0 Å². The minimum absolute atomic E-state index is 0.0679. The summed E-state index contributed by atoms with van der Waals surface area (Å²) < 4.78 is 18.0. The molecule has 0 saturated carbocycles. The van der Waals surface area contributed by atoms with E-state index in [0.717, 1.165) is 5.56 Å². The lowest BCUT2D eigenvalue weighted by atomic mass is 10.1. The molecule has 5 nitrogen and oxygen atoms in total. The summed E-state index contributed by atoms with van der Waals surface area (Å²) in [5.74, 6) is -3.47. The molecule has 2 aromatic rings. The fourth-order valence-electron chi connectivity index (χ4n) is 1.73. The van der Waals surface area contributed by atoms with Crippen LogP contribution in [0.25, 0.3) is 0 Å². The summed E-state index contributed by atoms with van der Waals surface area (Å²) in [5.41, 5.74) is 0.798. The van der Waals surface area contributed by atoms with Crippen molar-refractivity contribution in [2.45, 2.75) is 12.8 Å². The Hall–Kier alpha value is -2.76. The van der Waals surface area contributed by atoms with Gasteiger partial charge in [0.2, 0.25) is 11.6 Å². The van der Waals surface area contributed by atoms with Crippen LogP contribution in [0.15, 0.2) is 40.8 Å². The van der Waals surface area contributed by atoms with Gasteiger partial charge in [-0.25, -0.2) is 9.18 Å². The van der Waals surface area contributed by atoms with E-state index in [4.69, 9.17) is 9.52 Å². The highest BCUT2D eigenvalue weighted by Gasteiger charge is 2.20. The number of carboxylic acids is 1. The summed E-state index contributed by atoms with van der Waals surface area (Å²) in [7, 11) is 0. The van der Waals surface area contributed by atoms with E-state index in [9.17, 15) is 18.8 Å². The van der Waals surface area contributed by atoms with Gasteiger partial charge in [0.05, 0.1) is 6.42 Å². The van der Waals surface area contributed by atoms with Gasteiger partial charge in [0, 0.05) is 6.42 Å². The van der Waals surface area contributed by atoms with E-state index in [-0.39, 0.29) is 11.6 Å². The van der Waals surface area contributed by atoms with E-state index in [1.165, 1.54) is 18.2 Å². The number of halogens is 1. The zero-order chi connectivity index (χ0) is 15.4. The molecule has 0 aliphatic heterocycles. The van der Waals surface area contributed by atoms with Crippen molar-refractivity contribution in [3.05, 3.63) is 59.3 Å². The maximum atomic E-state index is 12.8. The third-order valence-corrected chi connectivity index (χ3v) is 2.79. The molecule has 1 aromatic heterocycles. The van der Waals surface area contributed by atoms with Crippen molar-refractivity contribution < 1.29 is 28.3 Å². The average molecular weight is 290 g/mol. The van der Waals surface area contributed by atoms with E-state index >= 15 is 0 Å². The predicted octanol–water partition coefficient (Wildman–Crippen LogP) is 2.24. The highest BCUT2D eigenvalue weighted by molar-refractivity contribution is 6.37. The lowest BCUT2D eigenvalue weighted by Crippen LogP contribution is -2.16. The molecule has 0 spiro atoms. The highest BCUT2D eigenvalue weighted by Crippen LogP contribution is 2.15. The molecule has 21 heavy (non-hydrogen) atoms. The van der Waals surface area contributed by atoms with Gasteiger partial charge in [-0.3, -0.25) is 9.59 Å². The molecule has 0 aliphatic carbocycles. The fraction of sp³-hybridized carbons (Fsp3) is 0.133. The molecule has 1 heterocycles. The van der Waals surface area contributed by atoms with Gasteiger partial charge in [0.15, 0.2) is 5.76 Å². The van der Waals surface area contributed by atoms with Crippen LogP contribution in [0.5, 0.6) is 0 Å². The lowest BCUT2D eigenvalue weighted by molar-refractivity contribution is -0.148. The maximum Gasteiger partial charge on any atom is 0.372 e. The van der Waals surface area contributed by atoms with Gasteiger partial charge in [-0.05, 0) is 29.8 Å². The summed E-state index contributed by atoms with van der Waals surface area (Å²) >= 11 is 0. The Morgan fingerprint density at radius 1 is 1.05 bits per heavy atom. The largest absolute Gasteiger partial charge is 0.475 e. The van der Waals surface area contributed by atoms with E-state index in [1.54, 1.807) is 18.2 Å². The Morgan fingerprint density at radius 3 is 2.33 bits per heavy atom. The number of furan rings is 1. The molecule has 6 heteroatoms. The number of ketones is 2. The monoisotopic (exact) mass is 290 g/mol. The predicted molar refractivity (Wildman–Crippen MR) is 69.5 cm³/mol. The molecule has 0 amide bonds. The van der Waals surface area contributed by atoms with Crippen molar-refractivity contribution in [3.63, 3.8) is 0 Å². The average Bonchev–Trinajstić information content (AvgIpc) is 2.90. The first-order valence-electron chi connectivity index (χ1n) is 6.08. The van der Waals surface area contributed by atoms with E-state index in [0.29, 0.717) is 12.2 Å². The number of aliphatic carboxylic acids is 1. The number of rotatable bonds is 6. The molecule has 2 rings (SSSR count). The van der Waals surface area contributed by atoms with Gasteiger partial charge in [0.25, 0.3) is 0 Å². The number of hydrogen-bond donors (Lipinski definition) is 1. The van der Waals surface area contributed by atoms with Crippen LogP contribution in [-0.2, 0) is 16.0 Å². The molecule has 0 unspecified atom stereocenters. The minimum Gasteiger partial charge on any atom is -0.475 e. The summed E-state index contributed by atoms with van der Waals surface area (Å²) in [4.78, 5) is 33.0. The molecule has 0 radical (unpaired) electrons. The van der Waals surface area contributed by atoms with Crippen molar-refractivity contribution in [2.24, 2.45) is 0 Å². The van der Waals surface area contributed by atoms with Crippen LogP contribution in [0.3, 0.4) is 0 Å². The fourth-order valence-corrected chi connectivity index (χ4v) is 1.73. The Morgan fingerprint density at radius 2 is 1.71 bits per heavy atom. The second-order valence-electron chi connectivity index (χ2n) is 4.40. The number of benzene rings is 1. The summed E-state index contributed by atoms with van der Waals surface area (Å²) in [6.07, 6.45) is -0.376. The third-order valence-electron chi connectivity index (χ3n) is 2.79. The zero-order valence-corrected chi connectivity index (χ0v) is 10.8. The maximum absolute atomic E-state index is 12.8. The number of carbonyl (C=O) groups excluding carboxylic acids is 2. The quantitative estimate of drug-likeness (QED) is 0.501. The molecule has 0 fully saturated rings. The van der Waals surface area contributed by atoms with Crippen LogP contribution < -0.4 is 0 Å². The van der Waals surface area contributed by atoms with Crippen LogP contribution in [-0.4, -0.2) is 22.6 Å². The Bertz CT molecular complexity index is 684. The summed E-state index contributed by atoms with van der Waals surface area (Å²) in [5, 5.41) is 8.44. The normalized spacial score (nSPS) is 10.3. The van der Waals surface area contributed by atoms with E-state index in [1.807, 2.05) is 0 Å². The Balaban J connectivity index is 2.04.